The van der Waals surface area contributed by atoms with E-state index in [9.17, 15) is 14.4 Å². The van der Waals surface area contributed by atoms with Crippen molar-refractivity contribution in [3.8, 4) is 0 Å². The summed E-state index contributed by atoms with van der Waals surface area (Å²) in [6.07, 6.45) is 2.17. The highest BCUT2D eigenvalue weighted by Gasteiger charge is 2.23. The number of rotatable bonds is 12. The van der Waals surface area contributed by atoms with E-state index < -0.39 is 6.04 Å². The summed E-state index contributed by atoms with van der Waals surface area (Å²) in [4.78, 5) is 40.1. The molecule has 0 aliphatic rings. The van der Waals surface area contributed by atoms with Gasteiger partial charge in [0.1, 0.15) is 0 Å². The second kappa shape index (κ2) is 13.6. The Hall–Kier alpha value is -3.19. The van der Waals surface area contributed by atoms with Crippen molar-refractivity contribution < 1.29 is 14.4 Å². The lowest BCUT2D eigenvalue weighted by molar-refractivity contribution is -0.119. The molecule has 7 heteroatoms. The number of benzene rings is 2. The molecule has 4 N–H and O–H groups in total. The number of aryl methyl sites for hydroxylation is 1. The minimum atomic E-state index is -0.410. The summed E-state index contributed by atoms with van der Waals surface area (Å²) in [5, 5.41) is 5.83. The van der Waals surface area contributed by atoms with Crippen LogP contribution in [0.4, 0.5) is 5.69 Å². The average molecular weight is 481 g/mol. The SMILES string of the molecule is CCCN(CCC)C(=O)c1cccc(C(=O)NC(C)C(N)CC(C)C(=O)Nc2ccc(C)cc2)c1. The number of hydrogen-bond donors (Lipinski definition) is 3. The summed E-state index contributed by atoms with van der Waals surface area (Å²) in [6.45, 7) is 11.1. The van der Waals surface area contributed by atoms with Gasteiger partial charge >= 0.3 is 0 Å². The van der Waals surface area contributed by atoms with Gasteiger partial charge in [0.15, 0.2) is 0 Å². The highest BCUT2D eigenvalue weighted by Crippen LogP contribution is 2.15. The predicted molar refractivity (Wildman–Crippen MR) is 141 cm³/mol. The fourth-order valence-electron chi connectivity index (χ4n) is 3.85. The number of nitrogens with zero attached hydrogens (tertiary/aromatic N) is 1. The number of nitrogens with two attached hydrogens (primary N) is 1. The Morgan fingerprint density at radius 3 is 2.14 bits per heavy atom. The molecular formula is C28H40N4O3. The van der Waals surface area contributed by atoms with Gasteiger partial charge in [0, 0.05) is 47.9 Å². The van der Waals surface area contributed by atoms with E-state index in [1.165, 1.54) is 0 Å². The summed E-state index contributed by atoms with van der Waals surface area (Å²) in [7, 11) is 0. The Balaban J connectivity index is 1.95. The summed E-state index contributed by atoms with van der Waals surface area (Å²) < 4.78 is 0. The van der Waals surface area contributed by atoms with Gasteiger partial charge in [-0.15, -0.1) is 0 Å². The minimum Gasteiger partial charge on any atom is -0.348 e. The van der Waals surface area contributed by atoms with Gasteiger partial charge in [0.05, 0.1) is 0 Å². The number of anilines is 1. The largest absolute Gasteiger partial charge is 0.348 e. The molecule has 0 aromatic heterocycles. The molecule has 3 unspecified atom stereocenters. The molecule has 3 amide bonds. The number of nitrogens with one attached hydrogen (secondary N) is 2. The van der Waals surface area contributed by atoms with Crippen LogP contribution in [0.1, 0.15) is 73.2 Å². The lowest BCUT2D eigenvalue weighted by Gasteiger charge is -2.24. The number of carbonyl (C=O) groups is 3. The molecular weight excluding hydrogens is 440 g/mol. The molecule has 0 aliphatic heterocycles. The first-order chi connectivity index (χ1) is 16.7. The van der Waals surface area contributed by atoms with E-state index in [1.54, 1.807) is 24.3 Å². The molecule has 190 valence electrons. The van der Waals surface area contributed by atoms with Gasteiger partial charge in [-0.2, -0.15) is 0 Å². The Bertz CT molecular complexity index is 984. The van der Waals surface area contributed by atoms with Gasteiger partial charge in [-0.05, 0) is 63.4 Å². The molecule has 0 aliphatic carbocycles. The maximum atomic E-state index is 12.9. The van der Waals surface area contributed by atoms with Crippen molar-refractivity contribution in [3.05, 3.63) is 65.2 Å². The van der Waals surface area contributed by atoms with E-state index in [1.807, 2.05) is 63.8 Å². The summed E-state index contributed by atoms with van der Waals surface area (Å²) in [5.74, 6) is -0.800. The fraction of sp³-hybridized carbons (Fsp3) is 0.464. The molecule has 0 fully saturated rings. The van der Waals surface area contributed by atoms with Gasteiger partial charge in [-0.25, -0.2) is 0 Å². The first-order valence-corrected chi connectivity index (χ1v) is 12.5. The maximum absolute atomic E-state index is 12.9. The maximum Gasteiger partial charge on any atom is 0.253 e. The van der Waals surface area contributed by atoms with E-state index >= 15 is 0 Å². The molecule has 0 spiro atoms. The highest BCUT2D eigenvalue weighted by atomic mass is 16.2. The van der Waals surface area contributed by atoms with Crippen LogP contribution in [0.2, 0.25) is 0 Å². The molecule has 2 aromatic rings. The van der Waals surface area contributed by atoms with Crippen LogP contribution in [0.3, 0.4) is 0 Å². The average Bonchev–Trinajstić information content (AvgIpc) is 2.84. The van der Waals surface area contributed by atoms with Crippen LogP contribution in [-0.4, -0.2) is 47.8 Å². The summed E-state index contributed by atoms with van der Waals surface area (Å²) >= 11 is 0. The lowest BCUT2D eigenvalue weighted by atomic mass is 9.96. The molecule has 7 nitrogen and oxygen atoms in total. The van der Waals surface area contributed by atoms with Crippen molar-refractivity contribution in [1.82, 2.24) is 10.2 Å². The molecule has 3 atom stereocenters. The van der Waals surface area contributed by atoms with Crippen LogP contribution in [0.15, 0.2) is 48.5 Å². The number of hydrogen-bond acceptors (Lipinski definition) is 4. The second-order valence-electron chi connectivity index (χ2n) is 9.29. The second-order valence-corrected chi connectivity index (χ2v) is 9.29. The zero-order valence-electron chi connectivity index (χ0n) is 21.6. The van der Waals surface area contributed by atoms with E-state index in [0.717, 1.165) is 24.1 Å². The van der Waals surface area contributed by atoms with Gasteiger partial charge < -0.3 is 21.3 Å². The van der Waals surface area contributed by atoms with Crippen molar-refractivity contribution in [2.45, 2.75) is 66.0 Å². The van der Waals surface area contributed by atoms with Crippen molar-refractivity contribution in [2.24, 2.45) is 11.7 Å². The number of amides is 3. The molecule has 0 heterocycles. The van der Waals surface area contributed by atoms with E-state index in [4.69, 9.17) is 5.73 Å². The molecule has 0 bridgehead atoms. The van der Waals surface area contributed by atoms with Crippen LogP contribution >= 0.6 is 0 Å². The molecule has 2 rings (SSSR count). The Morgan fingerprint density at radius 2 is 1.54 bits per heavy atom. The first-order valence-electron chi connectivity index (χ1n) is 12.5. The van der Waals surface area contributed by atoms with Crippen LogP contribution in [0.25, 0.3) is 0 Å². The molecule has 2 aromatic carbocycles. The van der Waals surface area contributed by atoms with E-state index in [2.05, 4.69) is 10.6 Å². The normalized spacial score (nSPS) is 13.4. The van der Waals surface area contributed by atoms with Gasteiger partial charge in [0.25, 0.3) is 11.8 Å². The number of carbonyl (C=O) groups excluding carboxylic acids is 3. The van der Waals surface area contributed by atoms with Gasteiger partial charge in [0.2, 0.25) is 5.91 Å². The van der Waals surface area contributed by atoms with Crippen LogP contribution in [0, 0.1) is 12.8 Å². The fourth-order valence-corrected chi connectivity index (χ4v) is 3.85. The smallest absolute Gasteiger partial charge is 0.253 e. The third-order valence-electron chi connectivity index (χ3n) is 6.04. The van der Waals surface area contributed by atoms with E-state index in [0.29, 0.717) is 30.6 Å². The third kappa shape index (κ3) is 8.51. The van der Waals surface area contributed by atoms with Crippen molar-refractivity contribution >= 4 is 23.4 Å². The highest BCUT2D eigenvalue weighted by molar-refractivity contribution is 5.99. The third-order valence-corrected chi connectivity index (χ3v) is 6.04. The van der Waals surface area contributed by atoms with Gasteiger partial charge in [-0.1, -0.05) is 44.5 Å². The van der Waals surface area contributed by atoms with Crippen LogP contribution in [0.5, 0.6) is 0 Å². The minimum absolute atomic E-state index is 0.0680. The first kappa shape index (κ1) is 28.1. The predicted octanol–water partition coefficient (Wildman–Crippen LogP) is 4.37. The van der Waals surface area contributed by atoms with E-state index in [-0.39, 0.29) is 29.7 Å². The van der Waals surface area contributed by atoms with Crippen molar-refractivity contribution in [3.63, 3.8) is 0 Å². The van der Waals surface area contributed by atoms with Crippen molar-refractivity contribution in [2.75, 3.05) is 18.4 Å². The molecule has 0 saturated heterocycles. The topological polar surface area (TPSA) is 105 Å². The standard InChI is InChI=1S/C28H40N4O3/c1-6-15-32(16-7-2)28(35)23-10-8-9-22(18-23)27(34)30-21(5)25(29)17-20(4)26(33)31-24-13-11-19(3)12-14-24/h8-14,18,20-21,25H,6-7,15-17,29H2,1-5H3,(H,30,34)(H,31,33). The lowest BCUT2D eigenvalue weighted by Crippen LogP contribution is -2.47. The van der Waals surface area contributed by atoms with Crippen molar-refractivity contribution in [1.29, 1.82) is 0 Å². The Morgan fingerprint density at radius 1 is 0.943 bits per heavy atom. The molecule has 0 saturated carbocycles. The van der Waals surface area contributed by atoms with Crippen LogP contribution < -0.4 is 16.4 Å². The molecule has 35 heavy (non-hydrogen) atoms. The Labute approximate surface area is 209 Å². The quantitative estimate of drug-likeness (QED) is 0.420. The monoisotopic (exact) mass is 480 g/mol. The zero-order chi connectivity index (χ0) is 26.0. The van der Waals surface area contributed by atoms with Gasteiger partial charge in [-0.3, -0.25) is 14.4 Å². The Kier molecular flexibility index (Phi) is 10.9. The zero-order valence-corrected chi connectivity index (χ0v) is 21.6. The van der Waals surface area contributed by atoms with Crippen LogP contribution in [-0.2, 0) is 4.79 Å². The summed E-state index contributed by atoms with van der Waals surface area (Å²) in [5.41, 5.74) is 9.10. The molecule has 0 radical (unpaired) electrons. The summed E-state index contributed by atoms with van der Waals surface area (Å²) in [6, 6.07) is 13.6.